The Kier molecular flexibility index (Phi) is 7.35. The lowest BCUT2D eigenvalue weighted by Gasteiger charge is -2.35. The highest BCUT2D eigenvalue weighted by molar-refractivity contribution is 5.96. The van der Waals surface area contributed by atoms with E-state index in [0.29, 0.717) is 12.1 Å². The average molecular weight is 490 g/mol. The van der Waals surface area contributed by atoms with E-state index in [-0.39, 0.29) is 0 Å². The van der Waals surface area contributed by atoms with Crippen LogP contribution in [0.4, 0.5) is 43.9 Å². The summed E-state index contributed by atoms with van der Waals surface area (Å²) in [4.78, 5) is 23.2. The topological polar surface area (TPSA) is 71.1 Å². The third-order valence-corrected chi connectivity index (χ3v) is 3.61. The Morgan fingerprint density at radius 1 is 0.781 bits per heavy atom. The second-order valence-electron chi connectivity index (χ2n) is 5.92. The number of halogens is 10. The summed E-state index contributed by atoms with van der Waals surface area (Å²) in [6.07, 6.45) is -19.5. The van der Waals surface area contributed by atoms with E-state index in [1.165, 1.54) is 0 Å². The largest absolute Gasteiger partial charge is 0.465 e. The fourth-order valence-electron chi connectivity index (χ4n) is 1.89. The van der Waals surface area contributed by atoms with Gasteiger partial charge in [0.2, 0.25) is 0 Å². The minimum absolute atomic E-state index is 0.338. The van der Waals surface area contributed by atoms with Crippen LogP contribution in [0.1, 0.15) is 27.6 Å². The van der Waals surface area contributed by atoms with Gasteiger partial charge in [-0.05, 0) is 18.2 Å². The van der Waals surface area contributed by atoms with E-state index in [1.807, 2.05) is 0 Å². The van der Waals surface area contributed by atoms with Gasteiger partial charge >= 0.3 is 42.1 Å². The lowest BCUT2D eigenvalue weighted by Crippen LogP contribution is -2.60. The van der Waals surface area contributed by atoms with Gasteiger partial charge < -0.3 is 14.2 Å². The summed E-state index contributed by atoms with van der Waals surface area (Å²) in [5.74, 6) is -16.5. The highest BCUT2D eigenvalue weighted by Gasteiger charge is 2.77. The van der Waals surface area contributed by atoms with Crippen molar-refractivity contribution in [1.82, 2.24) is 0 Å². The van der Waals surface area contributed by atoms with E-state index in [9.17, 15) is 53.5 Å². The second-order valence-corrected chi connectivity index (χ2v) is 5.92. The molecule has 0 N–H and O–H groups in total. The quantitative estimate of drug-likeness (QED) is 0.388. The van der Waals surface area contributed by atoms with Crippen LogP contribution in [0.15, 0.2) is 18.2 Å². The van der Waals surface area contributed by atoms with Gasteiger partial charge in [-0.2, -0.15) is 39.5 Å². The van der Waals surface area contributed by atoms with Crippen LogP contribution in [-0.2, 0) is 14.2 Å². The molecule has 1 atom stereocenters. The van der Waals surface area contributed by atoms with Crippen LogP contribution < -0.4 is 4.74 Å². The summed E-state index contributed by atoms with van der Waals surface area (Å²) in [5.41, 5.74) is -1.54. The van der Waals surface area contributed by atoms with Crippen molar-refractivity contribution in [3.8, 4) is 5.75 Å². The maximum atomic E-state index is 14.2. The average Bonchev–Trinajstić information content (AvgIpc) is 2.64. The zero-order valence-corrected chi connectivity index (χ0v) is 16.0. The Morgan fingerprint density at radius 2 is 1.28 bits per heavy atom. The highest BCUT2D eigenvalue weighted by atomic mass is 19.4. The number of methoxy groups -OCH3 is 2. The van der Waals surface area contributed by atoms with Gasteiger partial charge in [-0.3, -0.25) is 4.74 Å². The normalized spacial score (nSPS) is 15.0. The number of ether oxygens (including phenoxy) is 4. The van der Waals surface area contributed by atoms with Crippen molar-refractivity contribution < 1.29 is 72.4 Å². The minimum atomic E-state index is -7.08. The SMILES string of the molecule is COC(=O)c1ccc(C(=O)OC)c(OC(F)(F)C(C)(F)OC(F)(F)C(F)(F)C(F)(F)F)c1. The maximum absolute atomic E-state index is 14.2. The first-order valence-electron chi connectivity index (χ1n) is 7.83. The molecule has 1 unspecified atom stereocenters. The molecule has 182 valence electrons. The number of carbonyl (C=O) groups is 2. The first kappa shape index (κ1) is 27.3. The molecule has 0 fully saturated rings. The highest BCUT2D eigenvalue weighted by Crippen LogP contribution is 2.50. The number of hydrogen-bond donors (Lipinski definition) is 0. The minimum Gasteiger partial charge on any atom is -0.465 e. The summed E-state index contributed by atoms with van der Waals surface area (Å²) < 4.78 is 146. The fraction of sp³-hybridized carbons (Fsp3) is 0.500. The molecule has 32 heavy (non-hydrogen) atoms. The number of benzene rings is 1. The zero-order chi connectivity index (χ0) is 25.3. The molecular formula is C16H12F10O6. The molecule has 0 bridgehead atoms. The van der Waals surface area contributed by atoms with Crippen LogP contribution in [0, 0.1) is 0 Å². The van der Waals surface area contributed by atoms with Crippen molar-refractivity contribution in [3.05, 3.63) is 29.3 Å². The maximum Gasteiger partial charge on any atom is 0.462 e. The molecule has 0 radical (unpaired) electrons. The van der Waals surface area contributed by atoms with Crippen LogP contribution in [-0.4, -0.2) is 56.3 Å². The van der Waals surface area contributed by atoms with Gasteiger partial charge in [0.05, 0.1) is 19.8 Å². The molecule has 1 aromatic carbocycles. The molecular weight excluding hydrogens is 478 g/mol. The van der Waals surface area contributed by atoms with Crippen LogP contribution >= 0.6 is 0 Å². The number of alkyl halides is 10. The molecule has 0 saturated heterocycles. The third kappa shape index (κ3) is 5.16. The predicted molar refractivity (Wildman–Crippen MR) is 81.2 cm³/mol. The standard InChI is InChI=1S/C16H12F10O6/c1-12(17,32-16(25,26)13(18,19)14(20,21)22)15(23,24)31-9-6-7(10(27)29-2)4-5-8(9)11(28)30-3/h4-6H,1-3H3. The van der Waals surface area contributed by atoms with Gasteiger partial charge in [0.1, 0.15) is 11.3 Å². The molecule has 0 saturated carbocycles. The Labute approximate surface area is 172 Å². The van der Waals surface area contributed by atoms with Gasteiger partial charge in [0.25, 0.3) is 0 Å². The van der Waals surface area contributed by atoms with E-state index in [4.69, 9.17) is 0 Å². The molecule has 6 nitrogen and oxygen atoms in total. The Hall–Kier alpha value is -2.78. The number of hydrogen-bond acceptors (Lipinski definition) is 6. The molecule has 16 heteroatoms. The third-order valence-electron chi connectivity index (χ3n) is 3.61. The Balaban J connectivity index is 3.41. The van der Waals surface area contributed by atoms with E-state index in [2.05, 4.69) is 18.9 Å². The van der Waals surface area contributed by atoms with Crippen molar-refractivity contribution >= 4 is 11.9 Å². The molecule has 0 aliphatic heterocycles. The van der Waals surface area contributed by atoms with Crippen molar-refractivity contribution in [1.29, 1.82) is 0 Å². The van der Waals surface area contributed by atoms with Crippen LogP contribution in [0.2, 0.25) is 0 Å². The van der Waals surface area contributed by atoms with E-state index >= 15 is 0 Å². The lowest BCUT2D eigenvalue weighted by atomic mass is 10.1. The number of carbonyl (C=O) groups excluding carboxylic acids is 2. The van der Waals surface area contributed by atoms with Gasteiger partial charge in [0.15, 0.2) is 0 Å². The summed E-state index contributed by atoms with van der Waals surface area (Å²) in [6, 6.07) is 1.79. The molecule has 1 rings (SSSR count). The molecule has 0 spiro atoms. The van der Waals surface area contributed by atoms with Crippen LogP contribution in [0.25, 0.3) is 0 Å². The lowest BCUT2D eigenvalue weighted by molar-refractivity contribution is -0.483. The second kappa shape index (κ2) is 8.63. The van der Waals surface area contributed by atoms with Gasteiger partial charge in [-0.1, -0.05) is 0 Å². The Morgan fingerprint density at radius 3 is 1.72 bits per heavy atom. The van der Waals surface area contributed by atoms with Gasteiger partial charge in [-0.15, -0.1) is 0 Å². The summed E-state index contributed by atoms with van der Waals surface area (Å²) in [7, 11) is 1.60. The fourth-order valence-corrected chi connectivity index (χ4v) is 1.89. The van der Waals surface area contributed by atoms with Gasteiger partial charge in [-0.25, -0.2) is 14.0 Å². The summed E-state index contributed by atoms with van der Waals surface area (Å²) >= 11 is 0. The van der Waals surface area contributed by atoms with Crippen molar-refractivity contribution in [2.24, 2.45) is 0 Å². The molecule has 0 amide bonds. The van der Waals surface area contributed by atoms with Crippen molar-refractivity contribution in [2.75, 3.05) is 14.2 Å². The monoisotopic (exact) mass is 490 g/mol. The van der Waals surface area contributed by atoms with E-state index in [1.54, 1.807) is 0 Å². The molecule has 0 aromatic heterocycles. The molecule has 0 aliphatic carbocycles. The van der Waals surface area contributed by atoms with Crippen molar-refractivity contribution in [2.45, 2.75) is 37.1 Å². The van der Waals surface area contributed by atoms with Crippen LogP contribution in [0.5, 0.6) is 5.75 Å². The summed E-state index contributed by atoms with van der Waals surface area (Å²) in [5, 5.41) is 0. The zero-order valence-electron chi connectivity index (χ0n) is 16.0. The number of rotatable bonds is 8. The first-order valence-corrected chi connectivity index (χ1v) is 7.83. The van der Waals surface area contributed by atoms with E-state index < -0.39 is 65.9 Å². The number of esters is 2. The van der Waals surface area contributed by atoms with E-state index in [0.717, 1.165) is 20.3 Å². The molecule has 0 aliphatic rings. The summed E-state index contributed by atoms with van der Waals surface area (Å²) in [6.45, 7) is -0.630. The van der Waals surface area contributed by atoms with Crippen LogP contribution in [0.3, 0.4) is 0 Å². The Bertz CT molecular complexity index is 865. The smallest absolute Gasteiger partial charge is 0.462 e. The molecule has 1 aromatic rings. The predicted octanol–water partition coefficient (Wildman–Crippen LogP) is 4.72. The molecule has 0 heterocycles. The van der Waals surface area contributed by atoms with Crippen molar-refractivity contribution in [3.63, 3.8) is 0 Å². The first-order chi connectivity index (χ1) is 14.2. The van der Waals surface area contributed by atoms with Gasteiger partial charge in [0, 0.05) is 6.92 Å².